The lowest BCUT2D eigenvalue weighted by atomic mass is 9.97. The molecule has 0 atom stereocenters. The van der Waals surface area contributed by atoms with Crippen LogP contribution in [0, 0.1) is 5.92 Å². The van der Waals surface area contributed by atoms with Crippen LogP contribution in [0.4, 0.5) is 0 Å². The van der Waals surface area contributed by atoms with Crippen LogP contribution in [0.15, 0.2) is 54.6 Å². The van der Waals surface area contributed by atoms with Crippen molar-refractivity contribution in [3.63, 3.8) is 0 Å². The lowest BCUT2D eigenvalue weighted by Gasteiger charge is -2.31. The highest BCUT2D eigenvalue weighted by atomic mass is 16.5. The van der Waals surface area contributed by atoms with Gasteiger partial charge in [-0.2, -0.15) is 0 Å². The summed E-state index contributed by atoms with van der Waals surface area (Å²) in [7, 11) is 0. The fourth-order valence-corrected chi connectivity index (χ4v) is 3.26. The number of piperidine rings is 1. The van der Waals surface area contributed by atoms with Gasteiger partial charge in [-0.3, -0.25) is 4.79 Å². The minimum Gasteiger partial charge on any atom is -0.483 e. The Kier molecular flexibility index (Phi) is 6.07. The van der Waals surface area contributed by atoms with E-state index in [-0.39, 0.29) is 12.5 Å². The van der Waals surface area contributed by atoms with E-state index in [4.69, 9.17) is 10.5 Å². The minimum absolute atomic E-state index is 0.0602. The first kappa shape index (κ1) is 17.5. The molecule has 25 heavy (non-hydrogen) atoms. The zero-order valence-electron chi connectivity index (χ0n) is 14.6. The van der Waals surface area contributed by atoms with Crippen LogP contribution in [-0.4, -0.2) is 37.0 Å². The second-order valence-electron chi connectivity index (χ2n) is 6.62. The number of nitrogens with two attached hydrogens (primary N) is 1. The van der Waals surface area contributed by atoms with E-state index in [1.54, 1.807) is 0 Å². The largest absolute Gasteiger partial charge is 0.483 e. The fraction of sp³-hybridized carbons (Fsp3) is 0.381. The Morgan fingerprint density at radius 3 is 2.44 bits per heavy atom. The van der Waals surface area contributed by atoms with Gasteiger partial charge in [0.25, 0.3) is 5.91 Å². The average Bonchev–Trinajstić information content (AvgIpc) is 2.68. The van der Waals surface area contributed by atoms with Crippen molar-refractivity contribution < 1.29 is 9.53 Å². The zero-order chi connectivity index (χ0) is 17.5. The van der Waals surface area contributed by atoms with E-state index in [1.165, 1.54) is 5.56 Å². The van der Waals surface area contributed by atoms with E-state index >= 15 is 0 Å². The average molecular weight is 338 g/mol. The van der Waals surface area contributed by atoms with Gasteiger partial charge in [0.15, 0.2) is 6.61 Å². The normalized spacial score (nSPS) is 15.2. The van der Waals surface area contributed by atoms with Gasteiger partial charge in [0.05, 0.1) is 0 Å². The molecule has 3 rings (SSSR count). The summed E-state index contributed by atoms with van der Waals surface area (Å²) in [6.45, 7) is 2.38. The van der Waals surface area contributed by atoms with Crippen molar-refractivity contribution in [1.82, 2.24) is 4.90 Å². The van der Waals surface area contributed by atoms with Crippen LogP contribution >= 0.6 is 0 Å². The molecule has 0 unspecified atom stereocenters. The lowest BCUT2D eigenvalue weighted by Crippen LogP contribution is -2.42. The van der Waals surface area contributed by atoms with Crippen molar-refractivity contribution >= 4 is 5.91 Å². The van der Waals surface area contributed by atoms with Crippen LogP contribution in [0.1, 0.15) is 24.0 Å². The highest BCUT2D eigenvalue weighted by molar-refractivity contribution is 5.77. The van der Waals surface area contributed by atoms with Crippen molar-refractivity contribution in [2.75, 3.05) is 26.2 Å². The summed E-state index contributed by atoms with van der Waals surface area (Å²) in [6, 6.07) is 18.2. The number of likely N-dealkylation sites (tertiary alicyclic amines) is 1. The predicted molar refractivity (Wildman–Crippen MR) is 99.5 cm³/mol. The number of rotatable bonds is 6. The van der Waals surface area contributed by atoms with Crippen molar-refractivity contribution in [3.8, 4) is 5.75 Å². The minimum atomic E-state index is 0.0602. The second kappa shape index (κ2) is 8.67. The monoisotopic (exact) mass is 338 g/mol. The van der Waals surface area contributed by atoms with Gasteiger partial charge in [0.2, 0.25) is 0 Å². The lowest BCUT2D eigenvalue weighted by molar-refractivity contribution is -0.134. The van der Waals surface area contributed by atoms with Crippen LogP contribution in [0.3, 0.4) is 0 Å². The van der Waals surface area contributed by atoms with Gasteiger partial charge in [-0.25, -0.2) is 0 Å². The van der Waals surface area contributed by atoms with Gasteiger partial charge in [0.1, 0.15) is 5.75 Å². The number of para-hydroxylation sites is 1. The fourth-order valence-electron chi connectivity index (χ4n) is 3.26. The first-order valence-electron chi connectivity index (χ1n) is 8.98. The number of nitrogens with zero attached hydrogens (tertiary/aromatic N) is 1. The van der Waals surface area contributed by atoms with E-state index in [1.807, 2.05) is 41.3 Å². The highest BCUT2D eigenvalue weighted by Crippen LogP contribution is 2.22. The van der Waals surface area contributed by atoms with Crippen LogP contribution in [0.5, 0.6) is 5.75 Å². The molecular weight excluding hydrogens is 312 g/mol. The van der Waals surface area contributed by atoms with Gasteiger partial charge in [0, 0.05) is 19.5 Å². The van der Waals surface area contributed by atoms with Crippen LogP contribution in [0.25, 0.3) is 0 Å². The Bertz CT molecular complexity index is 679. The number of ether oxygens (including phenoxy) is 1. The summed E-state index contributed by atoms with van der Waals surface area (Å²) in [5.74, 6) is 1.40. The summed E-state index contributed by atoms with van der Waals surface area (Å²) in [6.07, 6.45) is 2.78. The molecule has 4 nitrogen and oxygen atoms in total. The predicted octanol–water partition coefficient (Wildman–Crippen LogP) is 2.85. The molecule has 2 aromatic rings. The summed E-state index contributed by atoms with van der Waals surface area (Å²) in [5, 5.41) is 0. The molecule has 0 saturated carbocycles. The van der Waals surface area contributed by atoms with E-state index < -0.39 is 0 Å². The third-order valence-corrected chi connectivity index (χ3v) is 4.86. The Morgan fingerprint density at radius 1 is 1.04 bits per heavy atom. The third-order valence-electron chi connectivity index (χ3n) is 4.86. The number of hydrogen-bond donors (Lipinski definition) is 1. The number of benzene rings is 2. The summed E-state index contributed by atoms with van der Waals surface area (Å²) in [5.41, 5.74) is 8.04. The second-order valence-corrected chi connectivity index (χ2v) is 6.62. The summed E-state index contributed by atoms with van der Waals surface area (Å²) >= 11 is 0. The number of carbonyl (C=O) groups is 1. The number of carbonyl (C=O) groups excluding carboxylic acids is 1. The van der Waals surface area contributed by atoms with Gasteiger partial charge in [-0.1, -0.05) is 48.5 Å². The van der Waals surface area contributed by atoms with E-state index in [2.05, 4.69) is 18.2 Å². The van der Waals surface area contributed by atoms with Crippen LogP contribution in [0.2, 0.25) is 0 Å². The number of hydrogen-bond acceptors (Lipinski definition) is 3. The molecule has 132 valence electrons. The molecule has 0 aliphatic carbocycles. The molecular formula is C21H26N2O2. The molecule has 1 aliphatic heterocycles. The summed E-state index contributed by atoms with van der Waals surface area (Å²) < 4.78 is 5.86. The molecule has 1 heterocycles. The van der Waals surface area contributed by atoms with Gasteiger partial charge in [-0.15, -0.1) is 0 Å². The third kappa shape index (κ3) is 4.83. The van der Waals surface area contributed by atoms with Crippen LogP contribution in [-0.2, 0) is 11.2 Å². The quantitative estimate of drug-likeness (QED) is 0.881. The zero-order valence-corrected chi connectivity index (χ0v) is 14.6. The molecule has 0 aromatic heterocycles. The molecule has 0 bridgehead atoms. The maximum Gasteiger partial charge on any atom is 0.260 e. The molecule has 1 fully saturated rings. The topological polar surface area (TPSA) is 55.6 Å². The van der Waals surface area contributed by atoms with Crippen molar-refractivity contribution in [2.45, 2.75) is 19.3 Å². The Balaban J connectivity index is 1.57. The van der Waals surface area contributed by atoms with Crippen molar-refractivity contribution in [3.05, 3.63) is 65.7 Å². The Morgan fingerprint density at radius 2 is 1.72 bits per heavy atom. The maximum absolute atomic E-state index is 12.4. The molecule has 0 spiro atoms. The molecule has 2 N–H and O–H groups in total. The smallest absolute Gasteiger partial charge is 0.260 e. The molecule has 1 aliphatic rings. The standard InChI is InChI=1S/C21H26N2O2/c22-15-18-10-12-23(13-11-18)21(24)16-25-20-9-5-4-8-19(20)14-17-6-2-1-3-7-17/h1-9,18H,10-16,22H2. The van der Waals surface area contributed by atoms with E-state index in [0.29, 0.717) is 12.5 Å². The van der Waals surface area contributed by atoms with Gasteiger partial charge in [-0.05, 0) is 42.5 Å². The van der Waals surface area contributed by atoms with Crippen LogP contribution < -0.4 is 10.5 Å². The molecule has 0 radical (unpaired) electrons. The Labute approximate surface area is 149 Å². The molecule has 1 amide bonds. The Hall–Kier alpha value is -2.33. The van der Waals surface area contributed by atoms with E-state index in [0.717, 1.165) is 43.7 Å². The highest BCUT2D eigenvalue weighted by Gasteiger charge is 2.22. The molecule has 4 heteroatoms. The summed E-state index contributed by atoms with van der Waals surface area (Å²) in [4.78, 5) is 14.3. The first-order chi connectivity index (χ1) is 12.3. The first-order valence-corrected chi connectivity index (χ1v) is 8.98. The van der Waals surface area contributed by atoms with Gasteiger partial charge >= 0.3 is 0 Å². The van der Waals surface area contributed by atoms with Crippen molar-refractivity contribution in [2.24, 2.45) is 11.7 Å². The molecule has 2 aromatic carbocycles. The van der Waals surface area contributed by atoms with E-state index in [9.17, 15) is 4.79 Å². The SMILES string of the molecule is NCC1CCN(C(=O)COc2ccccc2Cc2ccccc2)CC1. The molecule has 1 saturated heterocycles. The van der Waals surface area contributed by atoms with Crippen molar-refractivity contribution in [1.29, 1.82) is 0 Å². The maximum atomic E-state index is 12.4. The number of amides is 1. The van der Waals surface area contributed by atoms with Gasteiger partial charge < -0.3 is 15.4 Å².